The number of rotatable bonds is 11. The molecule has 1 fully saturated rings. The van der Waals surface area contributed by atoms with E-state index in [1.807, 2.05) is 29.7 Å². The minimum Gasteiger partial charge on any atom is -0.495 e. The van der Waals surface area contributed by atoms with E-state index < -0.39 is 11.9 Å². The highest BCUT2D eigenvalue weighted by molar-refractivity contribution is 6.33. The van der Waals surface area contributed by atoms with E-state index in [2.05, 4.69) is 9.97 Å². The highest BCUT2D eigenvalue weighted by atomic mass is 35.5. The lowest BCUT2D eigenvalue weighted by Crippen LogP contribution is -2.13. The molecule has 1 aliphatic carbocycles. The summed E-state index contributed by atoms with van der Waals surface area (Å²) in [7, 11) is 1.58. The van der Waals surface area contributed by atoms with E-state index in [4.69, 9.17) is 47.5 Å². The SMILES string of the molecule is COc1c(Cl)cccc1Cn1c(-c2ccc(OCC[C@@H](C)C(=O)O)cc2Cl)nc2c(OC3(C)CC3)ncnc21. The van der Waals surface area contributed by atoms with Gasteiger partial charge in [0.15, 0.2) is 11.2 Å². The molecule has 2 heterocycles. The van der Waals surface area contributed by atoms with Gasteiger partial charge in [-0.05, 0) is 50.5 Å². The van der Waals surface area contributed by atoms with Gasteiger partial charge in [-0.1, -0.05) is 42.3 Å². The average Bonchev–Trinajstić information content (AvgIpc) is 3.52. The number of imidazole rings is 1. The molecule has 2 aromatic carbocycles. The van der Waals surface area contributed by atoms with Crippen LogP contribution in [0.5, 0.6) is 17.4 Å². The molecule has 39 heavy (non-hydrogen) atoms. The van der Waals surface area contributed by atoms with Gasteiger partial charge in [-0.2, -0.15) is 4.98 Å². The van der Waals surface area contributed by atoms with Crippen LogP contribution in [0.1, 0.15) is 38.7 Å². The van der Waals surface area contributed by atoms with Crippen LogP contribution < -0.4 is 14.2 Å². The fourth-order valence-corrected chi connectivity index (χ4v) is 4.70. The third-order valence-electron chi connectivity index (χ3n) is 6.80. The van der Waals surface area contributed by atoms with Crippen molar-refractivity contribution < 1.29 is 24.1 Å². The Morgan fingerprint density at radius 1 is 1.18 bits per heavy atom. The Kier molecular flexibility index (Phi) is 7.55. The quantitative estimate of drug-likeness (QED) is 0.224. The second kappa shape index (κ2) is 10.9. The second-order valence-corrected chi connectivity index (χ2v) is 10.7. The fraction of sp³-hybridized carbons (Fsp3) is 0.357. The summed E-state index contributed by atoms with van der Waals surface area (Å²) in [5.74, 6) is 0.721. The zero-order valence-electron chi connectivity index (χ0n) is 21.8. The lowest BCUT2D eigenvalue weighted by Gasteiger charge is -2.15. The Morgan fingerprint density at radius 2 is 1.97 bits per heavy atom. The van der Waals surface area contributed by atoms with E-state index in [0.717, 1.165) is 18.4 Å². The molecule has 9 nitrogen and oxygen atoms in total. The Morgan fingerprint density at radius 3 is 2.67 bits per heavy atom. The van der Waals surface area contributed by atoms with Crippen molar-refractivity contribution in [1.29, 1.82) is 0 Å². The van der Waals surface area contributed by atoms with Gasteiger partial charge >= 0.3 is 5.97 Å². The number of para-hydroxylation sites is 1. The summed E-state index contributed by atoms with van der Waals surface area (Å²) in [6, 6.07) is 10.9. The van der Waals surface area contributed by atoms with Gasteiger partial charge in [-0.25, -0.2) is 9.97 Å². The van der Waals surface area contributed by atoms with Crippen molar-refractivity contribution in [3.63, 3.8) is 0 Å². The number of fused-ring (bicyclic) bond motifs is 1. The number of halogens is 2. The van der Waals surface area contributed by atoms with Crippen molar-refractivity contribution in [1.82, 2.24) is 19.5 Å². The Balaban J connectivity index is 1.55. The van der Waals surface area contributed by atoms with Gasteiger partial charge < -0.3 is 23.9 Å². The highest BCUT2D eigenvalue weighted by Gasteiger charge is 2.41. The molecule has 0 unspecified atom stereocenters. The molecular weight excluding hydrogens is 543 g/mol. The number of nitrogens with zero attached hydrogens (tertiary/aromatic N) is 4. The van der Waals surface area contributed by atoms with Crippen LogP contribution in [0.25, 0.3) is 22.6 Å². The van der Waals surface area contributed by atoms with Crippen LogP contribution in [-0.2, 0) is 11.3 Å². The van der Waals surface area contributed by atoms with Gasteiger partial charge in [0.05, 0.1) is 36.2 Å². The summed E-state index contributed by atoms with van der Waals surface area (Å²) in [5, 5.41) is 10.0. The number of benzene rings is 2. The number of ether oxygens (including phenoxy) is 3. The zero-order chi connectivity index (χ0) is 27.7. The van der Waals surface area contributed by atoms with Gasteiger partial charge in [0.2, 0.25) is 5.88 Å². The van der Waals surface area contributed by atoms with Gasteiger partial charge in [-0.3, -0.25) is 4.79 Å². The van der Waals surface area contributed by atoms with Crippen LogP contribution in [-0.4, -0.2) is 49.9 Å². The maximum absolute atomic E-state index is 11.1. The first-order valence-corrected chi connectivity index (χ1v) is 13.3. The van der Waals surface area contributed by atoms with Crippen molar-refractivity contribution in [3.05, 3.63) is 58.3 Å². The van der Waals surface area contributed by atoms with E-state index in [1.165, 1.54) is 6.33 Å². The van der Waals surface area contributed by atoms with Crippen LogP contribution >= 0.6 is 23.2 Å². The first-order chi connectivity index (χ1) is 18.7. The number of carboxylic acid groups (broad SMARTS) is 1. The van der Waals surface area contributed by atoms with Crippen LogP contribution in [0.15, 0.2) is 42.7 Å². The van der Waals surface area contributed by atoms with Crippen molar-refractivity contribution in [2.45, 2.75) is 45.3 Å². The molecule has 1 aliphatic rings. The second-order valence-electron chi connectivity index (χ2n) is 9.87. The molecule has 5 rings (SSSR count). The van der Waals surface area contributed by atoms with Crippen LogP contribution in [0.4, 0.5) is 0 Å². The smallest absolute Gasteiger partial charge is 0.306 e. The molecule has 0 amide bonds. The summed E-state index contributed by atoms with van der Waals surface area (Å²) < 4.78 is 19.5. The van der Waals surface area contributed by atoms with Gasteiger partial charge in [0.25, 0.3) is 0 Å². The maximum atomic E-state index is 11.1. The standard InChI is InChI=1S/C28H28Cl2N4O5/c1-16(27(35)36)9-12-38-18-7-8-19(21(30)13-18)24-33-22-25(31-15-32-26(22)39-28(2)10-11-28)34(24)14-17-5-4-6-20(29)23(17)37-3/h4-8,13,15-16H,9-12,14H2,1-3H3,(H,35,36)/t16-/m1/s1. The molecule has 0 bridgehead atoms. The van der Waals surface area contributed by atoms with E-state index in [1.54, 1.807) is 32.2 Å². The molecule has 2 aromatic heterocycles. The molecule has 0 radical (unpaired) electrons. The summed E-state index contributed by atoms with van der Waals surface area (Å²) in [5.41, 5.74) is 2.35. The number of hydrogen-bond acceptors (Lipinski definition) is 7. The Hall–Kier alpha value is -3.56. The third-order valence-corrected chi connectivity index (χ3v) is 7.41. The third kappa shape index (κ3) is 5.74. The number of carboxylic acids is 1. The van der Waals surface area contributed by atoms with E-state index in [9.17, 15) is 4.79 Å². The average molecular weight is 571 g/mol. The molecule has 1 N–H and O–H groups in total. The molecule has 4 aromatic rings. The molecular formula is C28H28Cl2N4O5. The lowest BCUT2D eigenvalue weighted by molar-refractivity contribution is -0.141. The molecule has 0 aliphatic heterocycles. The largest absolute Gasteiger partial charge is 0.495 e. The van der Waals surface area contributed by atoms with Gasteiger partial charge in [-0.15, -0.1) is 0 Å². The van der Waals surface area contributed by atoms with E-state index >= 15 is 0 Å². The Bertz CT molecular complexity index is 1540. The number of methoxy groups -OCH3 is 1. The summed E-state index contributed by atoms with van der Waals surface area (Å²) in [6.45, 7) is 4.30. The van der Waals surface area contributed by atoms with Crippen molar-refractivity contribution >= 4 is 40.3 Å². The number of aromatic nitrogens is 4. The minimum atomic E-state index is -0.857. The summed E-state index contributed by atoms with van der Waals surface area (Å²) in [6.07, 6.45) is 3.75. The van der Waals surface area contributed by atoms with Crippen LogP contribution in [0, 0.1) is 5.92 Å². The molecule has 1 saturated carbocycles. The number of aliphatic carboxylic acids is 1. The molecule has 0 spiro atoms. The van der Waals surface area contributed by atoms with Gasteiger partial charge in [0, 0.05) is 11.1 Å². The van der Waals surface area contributed by atoms with Crippen LogP contribution in [0.2, 0.25) is 10.0 Å². The summed E-state index contributed by atoms with van der Waals surface area (Å²) in [4.78, 5) is 24.9. The first kappa shape index (κ1) is 27.0. The predicted molar refractivity (Wildman–Crippen MR) is 148 cm³/mol. The lowest BCUT2D eigenvalue weighted by atomic mass is 10.1. The topological polar surface area (TPSA) is 109 Å². The number of carbonyl (C=O) groups is 1. The van der Waals surface area contributed by atoms with E-state index in [0.29, 0.717) is 62.9 Å². The predicted octanol–water partition coefficient (Wildman–Crippen LogP) is 6.28. The normalized spacial score (nSPS) is 14.7. The highest BCUT2D eigenvalue weighted by Crippen LogP contribution is 2.42. The van der Waals surface area contributed by atoms with Crippen molar-refractivity contribution in [3.8, 4) is 28.8 Å². The Labute approximate surface area is 235 Å². The zero-order valence-corrected chi connectivity index (χ0v) is 23.3. The molecule has 204 valence electrons. The minimum absolute atomic E-state index is 0.254. The first-order valence-electron chi connectivity index (χ1n) is 12.6. The molecule has 0 saturated heterocycles. The number of hydrogen-bond donors (Lipinski definition) is 1. The molecule has 11 heteroatoms. The van der Waals surface area contributed by atoms with E-state index in [-0.39, 0.29) is 12.2 Å². The van der Waals surface area contributed by atoms with Crippen molar-refractivity contribution in [2.24, 2.45) is 5.92 Å². The van der Waals surface area contributed by atoms with Crippen LogP contribution in [0.3, 0.4) is 0 Å². The summed E-state index contributed by atoms with van der Waals surface area (Å²) >= 11 is 13.2. The van der Waals surface area contributed by atoms with Gasteiger partial charge in [0.1, 0.15) is 29.3 Å². The van der Waals surface area contributed by atoms with Crippen molar-refractivity contribution in [2.75, 3.05) is 13.7 Å². The fourth-order valence-electron chi connectivity index (χ4n) is 4.18. The molecule has 1 atom stereocenters. The monoisotopic (exact) mass is 570 g/mol. The maximum Gasteiger partial charge on any atom is 0.306 e.